The molecule has 3 aromatic carbocycles. The number of nitrogens with zero attached hydrogens (tertiary/aromatic N) is 1. The lowest BCUT2D eigenvalue weighted by Crippen LogP contribution is -2.17. The zero-order chi connectivity index (χ0) is 18.4. The molecule has 0 atom stereocenters. The molecule has 0 spiro atoms. The molecule has 0 aliphatic rings. The van der Waals surface area contributed by atoms with Crippen LogP contribution in [0.15, 0.2) is 94.6 Å². The Morgan fingerprint density at radius 3 is 1.81 bits per heavy atom. The van der Waals surface area contributed by atoms with Crippen molar-refractivity contribution in [2.45, 2.75) is 0 Å². The number of halogens is 1. The number of hydrogen-bond acceptors (Lipinski definition) is 4. The van der Waals surface area contributed by atoms with Gasteiger partial charge in [0, 0.05) is 15.6 Å². The molecule has 5 heteroatoms. The molecular formula is C21H14BrNO3. The molecule has 0 N–H and O–H groups in total. The molecule has 3 rings (SSSR count). The molecule has 0 unspecified atom stereocenters. The van der Waals surface area contributed by atoms with E-state index in [1.807, 2.05) is 12.1 Å². The third kappa shape index (κ3) is 4.32. The molecule has 0 aliphatic carbocycles. The number of Topliss-reactive ketones (excluding diaryl/α,β-unsaturated/α-hetero) is 1. The Hall–Kier alpha value is -3.05. The highest BCUT2D eigenvalue weighted by molar-refractivity contribution is 9.10. The van der Waals surface area contributed by atoms with E-state index < -0.39 is 5.97 Å². The summed E-state index contributed by atoms with van der Waals surface area (Å²) in [6.45, 7) is 0. The molecule has 4 nitrogen and oxygen atoms in total. The highest BCUT2D eigenvalue weighted by Gasteiger charge is 2.18. The number of ketones is 1. The molecule has 0 amide bonds. The average Bonchev–Trinajstić information content (AvgIpc) is 2.70. The van der Waals surface area contributed by atoms with Crippen LogP contribution in [0.2, 0.25) is 0 Å². The molecule has 0 aromatic heterocycles. The fraction of sp³-hybridized carbons (Fsp3) is 0. The van der Waals surface area contributed by atoms with Crippen LogP contribution in [-0.2, 0) is 4.84 Å². The van der Waals surface area contributed by atoms with Gasteiger partial charge in [-0.15, -0.1) is 0 Å². The van der Waals surface area contributed by atoms with Crippen molar-refractivity contribution < 1.29 is 14.4 Å². The van der Waals surface area contributed by atoms with Crippen LogP contribution in [0.4, 0.5) is 0 Å². The van der Waals surface area contributed by atoms with E-state index in [1.54, 1.807) is 72.8 Å². The Morgan fingerprint density at radius 2 is 1.23 bits per heavy atom. The average molecular weight is 408 g/mol. The van der Waals surface area contributed by atoms with E-state index in [2.05, 4.69) is 21.1 Å². The summed E-state index contributed by atoms with van der Waals surface area (Å²) in [7, 11) is 0. The van der Waals surface area contributed by atoms with Crippen LogP contribution in [0.3, 0.4) is 0 Å². The topological polar surface area (TPSA) is 55.7 Å². The zero-order valence-electron chi connectivity index (χ0n) is 13.6. The SMILES string of the molecule is O=C(ON=C(C(=O)c1ccccc1)c1ccccc1)c1ccc(Br)cc1. The number of oxime groups is 1. The molecule has 0 saturated heterocycles. The van der Waals surface area contributed by atoms with E-state index in [0.717, 1.165) is 4.47 Å². The van der Waals surface area contributed by atoms with Gasteiger partial charge in [0.15, 0.2) is 5.71 Å². The van der Waals surface area contributed by atoms with Gasteiger partial charge in [-0.1, -0.05) is 81.7 Å². The first-order valence-electron chi connectivity index (χ1n) is 7.85. The Balaban J connectivity index is 1.90. The lowest BCUT2D eigenvalue weighted by Gasteiger charge is -2.06. The molecular weight excluding hydrogens is 394 g/mol. The molecule has 128 valence electrons. The molecule has 0 fully saturated rings. The maximum atomic E-state index is 12.8. The summed E-state index contributed by atoms with van der Waals surface area (Å²) in [5.74, 6) is -0.952. The van der Waals surface area contributed by atoms with E-state index in [-0.39, 0.29) is 11.5 Å². The normalized spacial score (nSPS) is 11.0. The summed E-state index contributed by atoms with van der Waals surface area (Å²) >= 11 is 3.31. The van der Waals surface area contributed by atoms with Crippen LogP contribution in [-0.4, -0.2) is 17.5 Å². The minimum absolute atomic E-state index is 0.0715. The minimum Gasteiger partial charge on any atom is -0.312 e. The first kappa shape index (κ1) is 17.8. The number of carbonyl (C=O) groups is 2. The minimum atomic E-state index is -0.633. The fourth-order valence-electron chi connectivity index (χ4n) is 2.27. The smallest absolute Gasteiger partial charge is 0.312 e. The quantitative estimate of drug-likeness (QED) is 0.261. The summed E-state index contributed by atoms with van der Waals surface area (Å²) in [6, 6.07) is 24.3. The maximum Gasteiger partial charge on any atom is 0.365 e. The van der Waals surface area contributed by atoms with Crippen molar-refractivity contribution in [2.75, 3.05) is 0 Å². The molecule has 0 heterocycles. The van der Waals surface area contributed by atoms with Gasteiger partial charge in [-0.2, -0.15) is 0 Å². The largest absolute Gasteiger partial charge is 0.365 e. The van der Waals surface area contributed by atoms with Crippen molar-refractivity contribution in [3.05, 3.63) is 106 Å². The second-order valence-corrected chi connectivity index (χ2v) is 6.30. The fourth-order valence-corrected chi connectivity index (χ4v) is 2.54. The molecule has 3 aromatic rings. The van der Waals surface area contributed by atoms with Crippen molar-refractivity contribution in [3.63, 3.8) is 0 Å². The summed E-state index contributed by atoms with van der Waals surface area (Å²) in [5, 5.41) is 3.87. The molecule has 0 radical (unpaired) electrons. The third-order valence-electron chi connectivity index (χ3n) is 3.60. The van der Waals surface area contributed by atoms with Crippen molar-refractivity contribution in [3.8, 4) is 0 Å². The molecule has 0 aliphatic heterocycles. The number of rotatable bonds is 5. The Kier molecular flexibility index (Phi) is 5.71. The van der Waals surface area contributed by atoms with Gasteiger partial charge in [0.2, 0.25) is 5.78 Å². The Labute approximate surface area is 159 Å². The summed E-state index contributed by atoms with van der Waals surface area (Å²) in [5.41, 5.74) is 1.46. The van der Waals surface area contributed by atoms with E-state index in [1.165, 1.54) is 0 Å². The van der Waals surface area contributed by atoms with Crippen molar-refractivity contribution >= 4 is 33.4 Å². The van der Waals surface area contributed by atoms with E-state index >= 15 is 0 Å². The standard InChI is InChI=1S/C21H14BrNO3/c22-18-13-11-17(12-14-18)21(25)26-23-19(15-7-3-1-4-8-15)20(24)16-9-5-2-6-10-16/h1-14H. The molecule has 0 bridgehead atoms. The number of carbonyl (C=O) groups excluding carboxylic acids is 2. The van der Waals surface area contributed by atoms with Crippen molar-refractivity contribution in [2.24, 2.45) is 5.16 Å². The van der Waals surface area contributed by atoms with Gasteiger partial charge in [0.25, 0.3) is 0 Å². The van der Waals surface area contributed by atoms with E-state index in [9.17, 15) is 9.59 Å². The van der Waals surface area contributed by atoms with Gasteiger partial charge in [-0.3, -0.25) is 4.79 Å². The first-order chi connectivity index (χ1) is 12.6. The van der Waals surface area contributed by atoms with Crippen molar-refractivity contribution in [1.29, 1.82) is 0 Å². The Morgan fingerprint density at radius 1 is 0.692 bits per heavy atom. The van der Waals surface area contributed by atoms with Crippen LogP contribution < -0.4 is 0 Å². The van der Waals surface area contributed by atoms with Crippen molar-refractivity contribution in [1.82, 2.24) is 0 Å². The van der Waals surface area contributed by atoms with Crippen LogP contribution in [0, 0.1) is 0 Å². The Bertz CT molecular complexity index is 936. The van der Waals surface area contributed by atoms with Gasteiger partial charge >= 0.3 is 5.97 Å². The summed E-state index contributed by atoms with van der Waals surface area (Å²) in [4.78, 5) is 30.0. The molecule has 0 saturated carbocycles. The summed E-state index contributed by atoms with van der Waals surface area (Å²) < 4.78 is 0.849. The lowest BCUT2D eigenvalue weighted by molar-refractivity contribution is 0.0516. The summed E-state index contributed by atoms with van der Waals surface area (Å²) in [6.07, 6.45) is 0. The maximum absolute atomic E-state index is 12.8. The van der Waals surface area contributed by atoms with Crippen LogP contribution in [0.25, 0.3) is 0 Å². The van der Waals surface area contributed by atoms with Crippen LogP contribution in [0.5, 0.6) is 0 Å². The highest BCUT2D eigenvalue weighted by Crippen LogP contribution is 2.13. The van der Waals surface area contributed by atoms with Gasteiger partial charge in [0.05, 0.1) is 5.56 Å². The number of hydrogen-bond donors (Lipinski definition) is 0. The molecule has 26 heavy (non-hydrogen) atoms. The third-order valence-corrected chi connectivity index (χ3v) is 4.13. The number of benzene rings is 3. The predicted octanol–water partition coefficient (Wildman–Crippen LogP) is 4.89. The lowest BCUT2D eigenvalue weighted by atomic mass is 10.0. The van der Waals surface area contributed by atoms with Gasteiger partial charge in [-0.25, -0.2) is 4.79 Å². The van der Waals surface area contributed by atoms with Gasteiger partial charge < -0.3 is 4.84 Å². The van der Waals surface area contributed by atoms with Gasteiger partial charge in [-0.05, 0) is 24.3 Å². The first-order valence-corrected chi connectivity index (χ1v) is 8.64. The van der Waals surface area contributed by atoms with E-state index in [4.69, 9.17) is 4.84 Å². The highest BCUT2D eigenvalue weighted by atomic mass is 79.9. The zero-order valence-corrected chi connectivity index (χ0v) is 15.2. The second-order valence-electron chi connectivity index (χ2n) is 5.39. The van der Waals surface area contributed by atoms with Gasteiger partial charge in [0.1, 0.15) is 0 Å². The van der Waals surface area contributed by atoms with Crippen LogP contribution in [0.1, 0.15) is 26.3 Å². The monoisotopic (exact) mass is 407 g/mol. The van der Waals surface area contributed by atoms with Crippen LogP contribution >= 0.6 is 15.9 Å². The second kappa shape index (κ2) is 8.36. The predicted molar refractivity (Wildman–Crippen MR) is 103 cm³/mol. The van der Waals surface area contributed by atoms with E-state index in [0.29, 0.717) is 16.7 Å².